The molecule has 0 spiro atoms. The summed E-state index contributed by atoms with van der Waals surface area (Å²) in [6.07, 6.45) is 0. The van der Waals surface area contributed by atoms with Gasteiger partial charge in [-0.15, -0.1) is 11.6 Å². The van der Waals surface area contributed by atoms with Crippen LogP contribution in [-0.4, -0.2) is 44.2 Å². The monoisotopic (exact) mass is 696 g/mol. The number of hydrogen-bond donors (Lipinski definition) is 3. The van der Waals surface area contributed by atoms with Crippen molar-refractivity contribution in [2.75, 3.05) is 39.3 Å². The first-order chi connectivity index (χ1) is 20.1. The van der Waals surface area contributed by atoms with Crippen molar-refractivity contribution in [2.45, 2.75) is 24.5 Å². The van der Waals surface area contributed by atoms with E-state index in [0.29, 0.717) is 18.0 Å². The first-order valence-corrected chi connectivity index (χ1v) is 16.3. The fourth-order valence-electron chi connectivity index (χ4n) is 4.86. The zero-order valence-corrected chi connectivity index (χ0v) is 27.2. The molecule has 2 aliphatic heterocycles. The minimum Gasteiger partial charge on any atom is -0.314 e. The molecule has 7 heteroatoms. The summed E-state index contributed by atoms with van der Waals surface area (Å²) >= 11 is 12.4. The lowest BCUT2D eigenvalue weighted by Crippen LogP contribution is -2.45. The summed E-state index contributed by atoms with van der Waals surface area (Å²) in [6, 6.07) is 38.8. The van der Waals surface area contributed by atoms with Crippen molar-refractivity contribution >= 4 is 43.5 Å². The molecule has 6 rings (SSSR count). The highest BCUT2D eigenvalue weighted by atomic mass is 79.9. The van der Waals surface area contributed by atoms with Crippen molar-refractivity contribution in [3.8, 4) is 0 Å². The maximum Gasteiger partial charge on any atom is 0.0474 e. The fraction of sp³-hybridized carbons (Fsp3) is 0.294. The van der Waals surface area contributed by atoms with E-state index in [0.717, 1.165) is 60.3 Å². The van der Waals surface area contributed by atoms with Crippen molar-refractivity contribution in [1.29, 1.82) is 0 Å². The van der Waals surface area contributed by atoms with Crippen LogP contribution in [-0.2, 0) is 12.4 Å². The van der Waals surface area contributed by atoms with Gasteiger partial charge in [0.2, 0.25) is 0 Å². The zero-order valence-electron chi connectivity index (χ0n) is 23.3. The number of alkyl halides is 1. The van der Waals surface area contributed by atoms with Crippen LogP contribution in [0.1, 0.15) is 34.3 Å². The number of rotatable bonds is 5. The average Bonchev–Trinajstić information content (AvgIpc) is 3.05. The van der Waals surface area contributed by atoms with Gasteiger partial charge >= 0.3 is 0 Å². The number of piperazine rings is 2. The van der Waals surface area contributed by atoms with Crippen molar-refractivity contribution < 1.29 is 0 Å². The Balaban J connectivity index is 0.000000156. The lowest BCUT2D eigenvalue weighted by Gasteiger charge is -2.34. The third-order valence-electron chi connectivity index (χ3n) is 7.09. The Labute approximate surface area is 267 Å². The van der Waals surface area contributed by atoms with Gasteiger partial charge in [-0.25, -0.2) is 0 Å². The van der Waals surface area contributed by atoms with Crippen molar-refractivity contribution in [2.24, 2.45) is 0 Å². The van der Waals surface area contributed by atoms with Crippen LogP contribution in [0.15, 0.2) is 118 Å². The minimum absolute atomic E-state index is 0.445. The molecule has 0 saturated carbocycles. The van der Waals surface area contributed by atoms with Crippen LogP contribution in [0.5, 0.6) is 0 Å². The molecule has 0 amide bonds. The summed E-state index contributed by atoms with van der Waals surface area (Å²) in [5.74, 6) is 0.591. The van der Waals surface area contributed by atoms with Crippen molar-refractivity contribution in [1.82, 2.24) is 20.9 Å². The molecule has 2 unspecified atom stereocenters. The van der Waals surface area contributed by atoms with Crippen molar-refractivity contribution in [3.63, 3.8) is 0 Å². The largest absolute Gasteiger partial charge is 0.314 e. The molecule has 216 valence electrons. The summed E-state index contributed by atoms with van der Waals surface area (Å²) in [5, 5.41) is 10.5. The zero-order chi connectivity index (χ0) is 28.7. The van der Waals surface area contributed by atoms with Crippen LogP contribution < -0.4 is 16.0 Å². The summed E-state index contributed by atoms with van der Waals surface area (Å²) in [4.78, 5) is 2.53. The second-order valence-electron chi connectivity index (χ2n) is 10.2. The lowest BCUT2D eigenvalue weighted by molar-refractivity contribution is 0.193. The van der Waals surface area contributed by atoms with Gasteiger partial charge in [-0.3, -0.25) is 4.90 Å². The van der Waals surface area contributed by atoms with E-state index in [1.165, 1.54) is 16.7 Å². The molecular weight excluding hydrogens is 660 g/mol. The van der Waals surface area contributed by atoms with E-state index in [1.54, 1.807) is 0 Å². The Morgan fingerprint density at radius 3 is 1.71 bits per heavy atom. The number of benzene rings is 4. The summed E-state index contributed by atoms with van der Waals surface area (Å²) in [5.41, 5.74) is 5.29. The van der Waals surface area contributed by atoms with Gasteiger partial charge in [-0.1, -0.05) is 117 Å². The van der Waals surface area contributed by atoms with E-state index in [1.807, 2.05) is 24.3 Å². The van der Waals surface area contributed by atoms with Gasteiger partial charge in [0, 0.05) is 72.7 Å². The van der Waals surface area contributed by atoms with Gasteiger partial charge in [0.05, 0.1) is 0 Å². The maximum absolute atomic E-state index is 5.56. The van der Waals surface area contributed by atoms with Crippen LogP contribution >= 0.6 is 43.5 Å². The van der Waals surface area contributed by atoms with Crippen LogP contribution in [0.4, 0.5) is 0 Å². The molecule has 0 bridgehead atoms. The van der Waals surface area contributed by atoms with Gasteiger partial charge in [0.15, 0.2) is 0 Å². The molecular formula is C34H39Br2ClN4. The first kappa shape index (κ1) is 31.9. The first-order valence-electron chi connectivity index (χ1n) is 14.2. The lowest BCUT2D eigenvalue weighted by atomic mass is 10.0. The second kappa shape index (κ2) is 17.8. The molecule has 0 aliphatic carbocycles. The Morgan fingerprint density at radius 1 is 0.634 bits per heavy atom. The molecule has 0 aromatic heterocycles. The molecule has 2 atom stereocenters. The van der Waals surface area contributed by atoms with Gasteiger partial charge in [0.1, 0.15) is 0 Å². The Hall–Kier alpha value is -2.03. The summed E-state index contributed by atoms with van der Waals surface area (Å²) in [7, 11) is 0. The third kappa shape index (κ3) is 11.3. The van der Waals surface area contributed by atoms with E-state index in [4.69, 9.17) is 11.6 Å². The van der Waals surface area contributed by atoms with Crippen LogP contribution in [0, 0.1) is 0 Å². The third-order valence-corrected chi connectivity index (χ3v) is 8.46. The summed E-state index contributed by atoms with van der Waals surface area (Å²) in [6.45, 7) is 7.46. The average molecular weight is 699 g/mol. The Bertz CT molecular complexity index is 1250. The summed E-state index contributed by atoms with van der Waals surface area (Å²) < 4.78 is 2.24. The van der Waals surface area contributed by atoms with Crippen LogP contribution in [0.3, 0.4) is 0 Å². The SMILES string of the molecule is Brc1ccc(CN2CCNC(c3ccccc3)C2)cc1.ClCc1ccc(Br)cc1.c1ccc(C2CNCCN2)cc1. The standard InChI is InChI=1S/C17H19BrN2.C10H14N2.C7H6BrCl/c18-16-8-6-14(7-9-16)12-20-11-10-19-17(13-20)15-4-2-1-3-5-15;1-2-4-9(5-3-1)10-8-11-6-7-12-10;8-7-3-1-6(5-9)2-4-7/h1-9,17,19H,10-13H2;1-5,10-12H,6-8H2;1-4H,5H2. The number of hydrogen-bond acceptors (Lipinski definition) is 4. The molecule has 2 heterocycles. The van der Waals surface area contributed by atoms with Gasteiger partial charge in [-0.2, -0.15) is 0 Å². The molecule has 2 aliphatic rings. The molecule has 2 fully saturated rings. The Morgan fingerprint density at radius 2 is 1.17 bits per heavy atom. The minimum atomic E-state index is 0.445. The van der Waals surface area contributed by atoms with E-state index in [2.05, 4.69) is 138 Å². The van der Waals surface area contributed by atoms with E-state index in [9.17, 15) is 0 Å². The van der Waals surface area contributed by atoms with Gasteiger partial charge in [0.25, 0.3) is 0 Å². The molecule has 2 saturated heterocycles. The van der Waals surface area contributed by atoms with Gasteiger partial charge < -0.3 is 16.0 Å². The smallest absolute Gasteiger partial charge is 0.0474 e. The highest BCUT2D eigenvalue weighted by molar-refractivity contribution is 9.10. The number of nitrogens with zero attached hydrogens (tertiary/aromatic N) is 1. The van der Waals surface area contributed by atoms with E-state index >= 15 is 0 Å². The molecule has 4 aromatic rings. The fourth-order valence-corrected chi connectivity index (χ4v) is 5.57. The van der Waals surface area contributed by atoms with Crippen molar-refractivity contribution in [3.05, 3.63) is 140 Å². The molecule has 4 aromatic carbocycles. The predicted molar refractivity (Wildman–Crippen MR) is 180 cm³/mol. The molecule has 4 nitrogen and oxygen atoms in total. The van der Waals surface area contributed by atoms with E-state index in [-0.39, 0.29) is 0 Å². The Kier molecular flexibility index (Phi) is 13.9. The number of nitrogens with one attached hydrogen (secondary N) is 3. The molecule has 0 radical (unpaired) electrons. The van der Waals surface area contributed by atoms with Crippen LogP contribution in [0.2, 0.25) is 0 Å². The van der Waals surface area contributed by atoms with Gasteiger partial charge in [-0.05, 0) is 46.5 Å². The second-order valence-corrected chi connectivity index (χ2v) is 12.3. The molecule has 41 heavy (non-hydrogen) atoms. The highest BCUT2D eigenvalue weighted by Crippen LogP contribution is 2.19. The normalized spacial score (nSPS) is 18.8. The molecule has 3 N–H and O–H groups in total. The predicted octanol–water partition coefficient (Wildman–Crippen LogP) is 7.70. The van der Waals surface area contributed by atoms with E-state index < -0.39 is 0 Å². The quantitative estimate of drug-likeness (QED) is 0.187. The number of halogens is 3. The maximum atomic E-state index is 5.56. The topological polar surface area (TPSA) is 39.3 Å². The van der Waals surface area contributed by atoms with Crippen LogP contribution in [0.25, 0.3) is 0 Å². The highest BCUT2D eigenvalue weighted by Gasteiger charge is 2.20.